The molecule has 7 rings (SSSR count). The van der Waals surface area contributed by atoms with Crippen molar-refractivity contribution in [1.82, 2.24) is 0 Å². The van der Waals surface area contributed by atoms with Crippen LogP contribution in [-0.4, -0.2) is 26.4 Å². The summed E-state index contributed by atoms with van der Waals surface area (Å²) in [6.07, 6.45) is 1.65. The molecule has 0 radical (unpaired) electrons. The third-order valence-corrected chi connectivity index (χ3v) is 10.0. The summed E-state index contributed by atoms with van der Waals surface area (Å²) in [7, 11) is 0. The lowest BCUT2D eigenvalue weighted by molar-refractivity contribution is 0.296. The summed E-state index contributed by atoms with van der Waals surface area (Å²) in [6, 6.07) is 34.1. The molecule has 2 aliphatic heterocycles. The molecule has 0 N–H and O–H groups in total. The summed E-state index contributed by atoms with van der Waals surface area (Å²) in [5, 5.41) is 0.601. The Labute approximate surface area is 313 Å². The van der Waals surface area contributed by atoms with Crippen LogP contribution in [0.2, 0.25) is 5.02 Å². The van der Waals surface area contributed by atoms with E-state index >= 15 is 0 Å². The van der Waals surface area contributed by atoms with E-state index in [1.807, 2.05) is 24.3 Å². The van der Waals surface area contributed by atoms with Gasteiger partial charge in [-0.2, -0.15) is 0 Å². The van der Waals surface area contributed by atoms with Crippen molar-refractivity contribution in [1.29, 1.82) is 0 Å². The minimum Gasteiger partial charge on any atom is -0.490 e. The van der Waals surface area contributed by atoms with E-state index in [-0.39, 0.29) is 10.8 Å². The van der Waals surface area contributed by atoms with Crippen molar-refractivity contribution >= 4 is 45.7 Å². The maximum absolute atomic E-state index is 7.72. The standard InChI is InChI=1S/C45H49ClN2O4/c1-30-26-37(47(33-14-10-31(11-15-33)44(2,3)4)34-16-12-32(13-17-34)45(5,6)7)43(46)38(27-30)48(35-18-20-39-41(28-35)51-24-8-22-49-39)36-19-21-40-42(29-36)52-25-9-23-50-40/h10-21,26-29H,8-9,22-25H2,1-7H3. The first kappa shape index (κ1) is 35.6. The SMILES string of the molecule is Cc1cc(N(c2ccc(C(C)(C)C)cc2)c2ccc(C(C)(C)C)cc2)c(Cl)c(N(c2ccc3c(c2)OCCCO3)c2ccc3c(c2)OCCCO3)c1. The number of fused-ring (bicyclic) bond motifs is 2. The molecule has 0 spiro atoms. The van der Waals surface area contributed by atoms with Crippen LogP contribution >= 0.6 is 11.6 Å². The summed E-state index contributed by atoms with van der Waals surface area (Å²) in [5.74, 6) is 2.88. The highest BCUT2D eigenvalue weighted by Gasteiger charge is 2.26. The third kappa shape index (κ3) is 7.40. The summed E-state index contributed by atoms with van der Waals surface area (Å²) < 4.78 is 24.4. The van der Waals surface area contributed by atoms with E-state index in [1.54, 1.807) is 0 Å². The van der Waals surface area contributed by atoms with E-state index in [9.17, 15) is 0 Å². The van der Waals surface area contributed by atoms with Crippen molar-refractivity contribution in [2.45, 2.75) is 72.1 Å². The fourth-order valence-electron chi connectivity index (χ4n) is 6.71. The van der Waals surface area contributed by atoms with E-state index in [1.165, 1.54) is 11.1 Å². The molecule has 0 bridgehead atoms. The average Bonchev–Trinajstić information content (AvgIpc) is 3.50. The minimum absolute atomic E-state index is 0.0255. The van der Waals surface area contributed by atoms with Gasteiger partial charge in [-0.25, -0.2) is 0 Å². The molecular formula is C45H49ClN2O4. The molecule has 270 valence electrons. The van der Waals surface area contributed by atoms with Crippen LogP contribution in [0.4, 0.5) is 34.1 Å². The van der Waals surface area contributed by atoms with Gasteiger partial charge in [0.05, 0.1) is 54.2 Å². The molecule has 0 aromatic heterocycles. The van der Waals surface area contributed by atoms with E-state index in [0.29, 0.717) is 42.9 Å². The molecule has 0 atom stereocenters. The second kappa shape index (κ2) is 14.3. The van der Waals surface area contributed by atoms with E-state index < -0.39 is 0 Å². The van der Waals surface area contributed by atoms with Gasteiger partial charge in [0, 0.05) is 36.3 Å². The van der Waals surface area contributed by atoms with E-state index in [0.717, 1.165) is 64.0 Å². The van der Waals surface area contributed by atoms with Crippen molar-refractivity contribution in [3.8, 4) is 23.0 Å². The number of benzene rings is 5. The maximum atomic E-state index is 7.72. The van der Waals surface area contributed by atoms with Crippen LogP contribution in [-0.2, 0) is 10.8 Å². The van der Waals surface area contributed by atoms with E-state index in [4.69, 9.17) is 30.5 Å². The van der Waals surface area contributed by atoms with Crippen molar-refractivity contribution < 1.29 is 18.9 Å². The molecule has 0 unspecified atom stereocenters. The number of anilines is 6. The maximum Gasteiger partial charge on any atom is 0.163 e. The van der Waals surface area contributed by atoms with Gasteiger partial charge < -0.3 is 28.7 Å². The summed E-state index contributed by atoms with van der Waals surface area (Å²) in [6.45, 7) is 18.0. The van der Waals surface area contributed by atoms with E-state index in [2.05, 4.69) is 131 Å². The van der Waals surface area contributed by atoms with Crippen molar-refractivity contribution in [3.63, 3.8) is 0 Å². The third-order valence-electron chi connectivity index (χ3n) is 9.62. The molecule has 0 saturated carbocycles. The van der Waals surface area contributed by atoms with Gasteiger partial charge >= 0.3 is 0 Å². The number of hydrogen-bond acceptors (Lipinski definition) is 6. The number of halogens is 1. The Kier molecular flexibility index (Phi) is 9.79. The fourth-order valence-corrected chi connectivity index (χ4v) is 6.99. The first-order valence-corrected chi connectivity index (χ1v) is 18.7. The van der Waals surface area contributed by atoms with Gasteiger partial charge in [0.1, 0.15) is 0 Å². The summed E-state index contributed by atoms with van der Waals surface area (Å²) in [4.78, 5) is 4.43. The van der Waals surface area contributed by atoms with Crippen LogP contribution in [0.1, 0.15) is 71.1 Å². The Morgan fingerprint density at radius 1 is 0.462 bits per heavy atom. The van der Waals surface area contributed by atoms with Crippen molar-refractivity contribution in [3.05, 3.63) is 119 Å². The molecule has 0 aliphatic carbocycles. The Hall–Kier alpha value is -4.81. The van der Waals surface area contributed by atoms with Crippen molar-refractivity contribution in [2.24, 2.45) is 0 Å². The molecule has 5 aromatic carbocycles. The molecule has 2 heterocycles. The second-order valence-corrected chi connectivity index (χ2v) is 16.1. The van der Waals surface area contributed by atoms with Gasteiger partial charge in [-0.1, -0.05) is 77.4 Å². The van der Waals surface area contributed by atoms with Gasteiger partial charge in [0.25, 0.3) is 0 Å². The van der Waals surface area contributed by atoms with Gasteiger partial charge in [-0.05, 0) is 95.1 Å². The van der Waals surface area contributed by atoms with Crippen LogP contribution in [0.3, 0.4) is 0 Å². The second-order valence-electron chi connectivity index (χ2n) is 15.7. The van der Waals surface area contributed by atoms with Crippen molar-refractivity contribution in [2.75, 3.05) is 36.2 Å². The zero-order chi connectivity index (χ0) is 36.6. The van der Waals surface area contributed by atoms with Gasteiger partial charge in [0.2, 0.25) is 0 Å². The summed E-state index contributed by atoms with van der Waals surface area (Å²) in [5.41, 5.74) is 9.15. The Morgan fingerprint density at radius 2 is 0.808 bits per heavy atom. The number of aryl methyl sites for hydroxylation is 1. The highest BCUT2D eigenvalue weighted by atomic mass is 35.5. The Bertz CT molecular complexity index is 1930. The molecule has 0 fully saturated rings. The molecule has 7 heteroatoms. The molecule has 6 nitrogen and oxygen atoms in total. The number of ether oxygens (including phenoxy) is 4. The summed E-state index contributed by atoms with van der Waals surface area (Å²) >= 11 is 7.72. The number of hydrogen-bond donors (Lipinski definition) is 0. The molecule has 2 aliphatic rings. The Morgan fingerprint density at radius 3 is 1.19 bits per heavy atom. The van der Waals surface area contributed by atoms with Crippen LogP contribution in [0, 0.1) is 6.92 Å². The minimum atomic E-state index is 0.0255. The molecule has 52 heavy (non-hydrogen) atoms. The van der Waals surface area contributed by atoms with Crippen LogP contribution in [0.5, 0.6) is 23.0 Å². The molecular weight excluding hydrogens is 668 g/mol. The number of rotatable bonds is 6. The van der Waals surface area contributed by atoms with Crippen LogP contribution < -0.4 is 28.7 Å². The zero-order valence-corrected chi connectivity index (χ0v) is 32.1. The number of nitrogens with zero attached hydrogens (tertiary/aromatic N) is 2. The molecule has 5 aromatic rings. The normalized spacial score (nSPS) is 14.3. The Balaban J connectivity index is 1.43. The average molecular weight is 717 g/mol. The van der Waals surface area contributed by atoms with Crippen LogP contribution in [0.25, 0.3) is 0 Å². The highest BCUT2D eigenvalue weighted by Crippen LogP contribution is 2.50. The first-order valence-electron chi connectivity index (χ1n) is 18.3. The largest absolute Gasteiger partial charge is 0.490 e. The lowest BCUT2D eigenvalue weighted by Gasteiger charge is -2.32. The van der Waals surface area contributed by atoms with Crippen LogP contribution in [0.15, 0.2) is 97.1 Å². The zero-order valence-electron chi connectivity index (χ0n) is 31.4. The van der Waals surface area contributed by atoms with Gasteiger partial charge in [-0.3, -0.25) is 0 Å². The molecule has 0 saturated heterocycles. The van der Waals surface area contributed by atoms with Gasteiger partial charge in [0.15, 0.2) is 23.0 Å². The molecule has 0 amide bonds. The predicted octanol–water partition coefficient (Wildman–Crippen LogP) is 12.5. The topological polar surface area (TPSA) is 43.4 Å². The highest BCUT2D eigenvalue weighted by molar-refractivity contribution is 6.36. The van der Waals surface area contributed by atoms with Gasteiger partial charge in [-0.15, -0.1) is 0 Å². The first-order chi connectivity index (χ1) is 24.9. The smallest absolute Gasteiger partial charge is 0.163 e. The predicted molar refractivity (Wildman–Crippen MR) is 214 cm³/mol. The monoisotopic (exact) mass is 716 g/mol. The quantitative estimate of drug-likeness (QED) is 0.174. The fraction of sp³-hybridized carbons (Fsp3) is 0.333. The lowest BCUT2D eigenvalue weighted by atomic mass is 9.86. The lowest BCUT2D eigenvalue weighted by Crippen LogP contribution is -2.16.